The van der Waals surface area contributed by atoms with E-state index in [0.29, 0.717) is 13.1 Å². The second-order valence-electron chi connectivity index (χ2n) is 5.19. The van der Waals surface area contributed by atoms with Gasteiger partial charge >= 0.3 is 6.03 Å². The Morgan fingerprint density at radius 3 is 3.00 bits per heavy atom. The smallest absolute Gasteiger partial charge is 0.321 e. The van der Waals surface area contributed by atoms with Gasteiger partial charge in [0.25, 0.3) is 0 Å². The molecule has 0 spiro atoms. The van der Waals surface area contributed by atoms with Crippen LogP contribution in [0.3, 0.4) is 0 Å². The third-order valence-electron chi connectivity index (χ3n) is 3.69. The van der Waals surface area contributed by atoms with Crippen molar-refractivity contribution in [3.8, 4) is 5.75 Å². The van der Waals surface area contributed by atoms with Crippen LogP contribution >= 0.6 is 0 Å². The number of rotatable bonds is 5. The maximum atomic E-state index is 12.3. The Labute approximate surface area is 126 Å². The first-order valence-electron chi connectivity index (χ1n) is 7.54. The second kappa shape index (κ2) is 7.88. The van der Waals surface area contributed by atoms with Gasteiger partial charge in [0, 0.05) is 31.5 Å². The number of methoxy groups -OCH3 is 1. The van der Waals surface area contributed by atoms with E-state index in [1.807, 2.05) is 31.2 Å². The Hall–Kier alpha value is -1.75. The number of amides is 2. The Bertz CT molecular complexity index is 459. The fraction of sp³-hybridized carbons (Fsp3) is 0.562. The number of likely N-dealkylation sites (N-methyl/N-ethyl adjacent to an activating group) is 1. The van der Waals surface area contributed by atoms with Crippen LogP contribution in [-0.4, -0.2) is 43.8 Å². The molecule has 2 rings (SSSR count). The van der Waals surface area contributed by atoms with E-state index in [1.54, 1.807) is 12.0 Å². The van der Waals surface area contributed by atoms with Crippen molar-refractivity contribution in [3.05, 3.63) is 24.3 Å². The molecule has 1 heterocycles. The summed E-state index contributed by atoms with van der Waals surface area (Å²) in [7, 11) is 1.61. The molecule has 1 saturated heterocycles. The van der Waals surface area contributed by atoms with Gasteiger partial charge in [0.05, 0.1) is 13.2 Å². The summed E-state index contributed by atoms with van der Waals surface area (Å²) in [6.07, 6.45) is 3.50. The number of nitrogens with one attached hydrogen (secondary N) is 1. The number of hydrogen-bond acceptors (Lipinski definition) is 3. The Morgan fingerprint density at radius 2 is 2.33 bits per heavy atom. The number of carbonyl (C=O) groups is 1. The minimum Gasteiger partial charge on any atom is -0.497 e. The van der Waals surface area contributed by atoms with E-state index < -0.39 is 0 Å². The molecule has 0 radical (unpaired) electrons. The molecule has 1 fully saturated rings. The average molecular weight is 292 g/mol. The Morgan fingerprint density at radius 1 is 1.48 bits per heavy atom. The van der Waals surface area contributed by atoms with E-state index in [1.165, 1.54) is 6.42 Å². The highest BCUT2D eigenvalue weighted by atomic mass is 16.5. The zero-order valence-electron chi connectivity index (χ0n) is 12.8. The first-order valence-corrected chi connectivity index (χ1v) is 7.54. The maximum absolute atomic E-state index is 12.3. The molecule has 1 aromatic carbocycles. The van der Waals surface area contributed by atoms with Gasteiger partial charge in [0.15, 0.2) is 0 Å². The fourth-order valence-corrected chi connectivity index (χ4v) is 2.46. The zero-order valence-corrected chi connectivity index (χ0v) is 12.8. The summed E-state index contributed by atoms with van der Waals surface area (Å²) in [4.78, 5) is 14.1. The van der Waals surface area contributed by atoms with E-state index in [0.717, 1.165) is 30.9 Å². The molecule has 5 nitrogen and oxygen atoms in total. The van der Waals surface area contributed by atoms with Crippen molar-refractivity contribution in [2.45, 2.75) is 32.3 Å². The summed E-state index contributed by atoms with van der Waals surface area (Å²) >= 11 is 0. The number of hydrogen-bond donors (Lipinski definition) is 1. The predicted octanol–water partition coefficient (Wildman–Crippen LogP) is 3.12. The quantitative estimate of drug-likeness (QED) is 0.907. The summed E-state index contributed by atoms with van der Waals surface area (Å²) in [5, 5.41) is 2.91. The van der Waals surface area contributed by atoms with Crippen molar-refractivity contribution >= 4 is 11.7 Å². The molecular formula is C16H24N2O3. The fourth-order valence-electron chi connectivity index (χ4n) is 2.46. The number of ether oxygens (including phenoxy) is 2. The van der Waals surface area contributed by atoms with Gasteiger partial charge in [-0.25, -0.2) is 4.79 Å². The van der Waals surface area contributed by atoms with E-state index in [2.05, 4.69) is 5.32 Å². The summed E-state index contributed by atoms with van der Waals surface area (Å²) < 4.78 is 10.9. The summed E-state index contributed by atoms with van der Waals surface area (Å²) in [5.74, 6) is 0.728. The molecule has 116 valence electrons. The van der Waals surface area contributed by atoms with Gasteiger partial charge in [0.1, 0.15) is 5.75 Å². The lowest BCUT2D eigenvalue weighted by Crippen LogP contribution is -2.41. The maximum Gasteiger partial charge on any atom is 0.321 e. The normalized spacial score (nSPS) is 18.1. The van der Waals surface area contributed by atoms with E-state index in [4.69, 9.17) is 9.47 Å². The highest BCUT2D eigenvalue weighted by molar-refractivity contribution is 5.89. The van der Waals surface area contributed by atoms with Crippen molar-refractivity contribution in [1.29, 1.82) is 0 Å². The molecule has 1 aliphatic rings. The van der Waals surface area contributed by atoms with Crippen molar-refractivity contribution < 1.29 is 14.3 Å². The van der Waals surface area contributed by atoms with Gasteiger partial charge in [-0.05, 0) is 38.3 Å². The molecule has 1 aliphatic heterocycles. The number of benzene rings is 1. The number of urea groups is 1. The molecule has 1 N–H and O–H groups in total. The van der Waals surface area contributed by atoms with E-state index in [-0.39, 0.29) is 12.1 Å². The Balaban J connectivity index is 1.92. The molecule has 0 aliphatic carbocycles. The predicted molar refractivity (Wildman–Crippen MR) is 82.9 cm³/mol. The summed E-state index contributed by atoms with van der Waals surface area (Å²) in [5.41, 5.74) is 0.738. The van der Waals surface area contributed by atoms with Gasteiger partial charge in [0.2, 0.25) is 0 Å². The monoisotopic (exact) mass is 292 g/mol. The van der Waals surface area contributed by atoms with Crippen LogP contribution < -0.4 is 10.1 Å². The molecular weight excluding hydrogens is 268 g/mol. The largest absolute Gasteiger partial charge is 0.497 e. The van der Waals surface area contributed by atoms with Crippen LogP contribution in [0.1, 0.15) is 26.2 Å². The molecule has 0 bridgehead atoms. The summed E-state index contributed by atoms with van der Waals surface area (Å²) in [6, 6.07) is 7.27. The van der Waals surface area contributed by atoms with Crippen LogP contribution in [-0.2, 0) is 4.74 Å². The third kappa shape index (κ3) is 4.63. The second-order valence-corrected chi connectivity index (χ2v) is 5.19. The number of anilines is 1. The third-order valence-corrected chi connectivity index (χ3v) is 3.69. The average Bonchev–Trinajstić information content (AvgIpc) is 2.53. The van der Waals surface area contributed by atoms with Gasteiger partial charge in [-0.15, -0.1) is 0 Å². The molecule has 1 aromatic rings. The highest BCUT2D eigenvalue weighted by Gasteiger charge is 2.20. The van der Waals surface area contributed by atoms with Crippen molar-refractivity contribution in [2.24, 2.45) is 0 Å². The van der Waals surface area contributed by atoms with Crippen LogP contribution in [0.4, 0.5) is 10.5 Å². The van der Waals surface area contributed by atoms with Crippen LogP contribution in [0.25, 0.3) is 0 Å². The summed E-state index contributed by atoms with van der Waals surface area (Å²) in [6.45, 7) is 4.09. The minimum absolute atomic E-state index is 0.0973. The molecule has 1 atom stereocenters. The highest BCUT2D eigenvalue weighted by Crippen LogP contribution is 2.18. The van der Waals surface area contributed by atoms with Gasteiger partial charge in [-0.1, -0.05) is 6.07 Å². The van der Waals surface area contributed by atoms with Crippen LogP contribution in [0.15, 0.2) is 24.3 Å². The first kappa shape index (κ1) is 15.6. The van der Waals surface area contributed by atoms with Crippen molar-refractivity contribution in [2.75, 3.05) is 32.1 Å². The molecule has 5 heteroatoms. The van der Waals surface area contributed by atoms with Crippen molar-refractivity contribution in [3.63, 3.8) is 0 Å². The molecule has 2 amide bonds. The Kier molecular flexibility index (Phi) is 5.87. The lowest BCUT2D eigenvalue weighted by atomic mass is 10.1. The van der Waals surface area contributed by atoms with Crippen molar-refractivity contribution in [1.82, 2.24) is 4.90 Å². The lowest BCUT2D eigenvalue weighted by molar-refractivity contribution is 0.00221. The number of nitrogens with zero attached hydrogens (tertiary/aromatic N) is 1. The lowest BCUT2D eigenvalue weighted by Gasteiger charge is -2.29. The minimum atomic E-state index is -0.0973. The van der Waals surface area contributed by atoms with E-state index >= 15 is 0 Å². The molecule has 21 heavy (non-hydrogen) atoms. The van der Waals surface area contributed by atoms with Crippen LogP contribution in [0.5, 0.6) is 5.75 Å². The topological polar surface area (TPSA) is 50.8 Å². The first-order chi connectivity index (χ1) is 10.2. The zero-order chi connectivity index (χ0) is 15.1. The molecule has 0 aromatic heterocycles. The van der Waals surface area contributed by atoms with Gasteiger partial charge < -0.3 is 19.7 Å². The number of carbonyl (C=O) groups excluding carboxylic acids is 1. The van der Waals surface area contributed by atoms with Gasteiger partial charge in [-0.3, -0.25) is 0 Å². The molecule has 0 saturated carbocycles. The standard InChI is InChI=1S/C16H24N2O3/c1-3-18(12-15-8-4-5-10-21-15)16(19)17-13-7-6-9-14(11-13)20-2/h6-7,9,11,15H,3-5,8,10,12H2,1-2H3,(H,17,19). The van der Waals surface area contributed by atoms with Crippen LogP contribution in [0.2, 0.25) is 0 Å². The molecule has 1 unspecified atom stereocenters. The SMILES string of the molecule is CCN(CC1CCCCO1)C(=O)Nc1cccc(OC)c1. The van der Waals surface area contributed by atoms with Crippen LogP contribution in [0, 0.1) is 0 Å². The van der Waals surface area contributed by atoms with E-state index in [9.17, 15) is 4.79 Å². The van der Waals surface area contributed by atoms with Gasteiger partial charge in [-0.2, -0.15) is 0 Å².